The fraction of sp³-hybridized carbons (Fsp3) is 0.292. The number of rotatable bonds is 8. The number of carbonyl (C=O) groups is 1. The Bertz CT molecular complexity index is 1270. The van der Waals surface area contributed by atoms with Crippen molar-refractivity contribution in [2.45, 2.75) is 12.5 Å². The molecule has 1 unspecified atom stereocenters. The van der Waals surface area contributed by atoms with Gasteiger partial charge in [0.2, 0.25) is 0 Å². The predicted molar refractivity (Wildman–Crippen MR) is 130 cm³/mol. The van der Waals surface area contributed by atoms with Gasteiger partial charge >= 0.3 is 0 Å². The fourth-order valence-electron chi connectivity index (χ4n) is 3.41. The number of ether oxygens (including phenoxy) is 2. The number of hydrogen-bond donors (Lipinski definition) is 2. The Morgan fingerprint density at radius 1 is 1.31 bits per heavy atom. The molecule has 0 saturated carbocycles. The van der Waals surface area contributed by atoms with E-state index >= 15 is 0 Å². The zero-order valence-electron chi connectivity index (χ0n) is 19.1. The molecular formula is C24H24ClF2N5O3. The van der Waals surface area contributed by atoms with Crippen LogP contribution in [0.4, 0.5) is 26.0 Å². The van der Waals surface area contributed by atoms with Crippen molar-refractivity contribution in [1.29, 1.82) is 0 Å². The average molecular weight is 504 g/mol. The number of anilines is 3. The van der Waals surface area contributed by atoms with Crippen molar-refractivity contribution in [3.8, 4) is 5.75 Å². The van der Waals surface area contributed by atoms with E-state index in [4.69, 9.17) is 21.1 Å². The number of nitrogens with zero attached hydrogens (tertiary/aromatic N) is 3. The molecule has 1 saturated heterocycles. The second kappa shape index (κ2) is 10.9. The minimum atomic E-state index is -0.919. The van der Waals surface area contributed by atoms with Gasteiger partial charge in [0.15, 0.2) is 5.83 Å². The molecule has 1 fully saturated rings. The number of amides is 1. The van der Waals surface area contributed by atoms with Crippen molar-refractivity contribution in [2.24, 2.45) is 0 Å². The largest absolute Gasteiger partial charge is 0.486 e. The third-order valence-electron chi connectivity index (χ3n) is 5.20. The van der Waals surface area contributed by atoms with E-state index in [1.165, 1.54) is 30.6 Å². The van der Waals surface area contributed by atoms with Crippen LogP contribution in [0.5, 0.6) is 5.75 Å². The Morgan fingerprint density at radius 3 is 2.86 bits per heavy atom. The number of fused-ring (bicyclic) bond motifs is 1. The molecule has 184 valence electrons. The van der Waals surface area contributed by atoms with Crippen LogP contribution in [0.1, 0.15) is 6.42 Å². The first kappa shape index (κ1) is 24.8. The van der Waals surface area contributed by atoms with Crippen LogP contribution in [-0.4, -0.2) is 60.7 Å². The summed E-state index contributed by atoms with van der Waals surface area (Å²) in [7, 11) is 3.53. The molecule has 2 N–H and O–H groups in total. The van der Waals surface area contributed by atoms with Crippen LogP contribution in [0.2, 0.25) is 5.02 Å². The summed E-state index contributed by atoms with van der Waals surface area (Å²) in [4.78, 5) is 22.8. The smallest absolute Gasteiger partial charge is 0.284 e. The first-order valence-electron chi connectivity index (χ1n) is 10.9. The molecule has 4 rings (SSSR count). The lowest BCUT2D eigenvalue weighted by molar-refractivity contribution is -0.114. The number of benzene rings is 2. The molecule has 8 nitrogen and oxygen atoms in total. The summed E-state index contributed by atoms with van der Waals surface area (Å²) in [5.74, 6) is -1.66. The van der Waals surface area contributed by atoms with E-state index in [-0.39, 0.29) is 23.4 Å². The van der Waals surface area contributed by atoms with Crippen molar-refractivity contribution in [1.82, 2.24) is 14.9 Å². The first-order chi connectivity index (χ1) is 16.8. The Hall–Kier alpha value is -3.34. The second-order valence-electron chi connectivity index (χ2n) is 8.21. The second-order valence-corrected chi connectivity index (χ2v) is 8.62. The lowest BCUT2D eigenvalue weighted by Gasteiger charge is -2.18. The standard InChI is InChI=1S/C24H24ClF2N5O3/c1-32(2)7-5-19(27)24(33)31-21-10-16-20(11-22(21)35-15-6-8-34-12-15)28-13-29-23(16)30-14-3-4-18(26)17(25)9-14/h3-5,9-11,13,15H,6-8,12H2,1-2H3,(H,31,33)(H,28,29,30). The Morgan fingerprint density at radius 2 is 2.14 bits per heavy atom. The summed E-state index contributed by atoms with van der Waals surface area (Å²) < 4.78 is 39.4. The molecule has 1 atom stereocenters. The lowest BCUT2D eigenvalue weighted by Crippen LogP contribution is -2.19. The quantitative estimate of drug-likeness (QED) is 0.431. The number of hydrogen-bond acceptors (Lipinski definition) is 7. The highest BCUT2D eigenvalue weighted by molar-refractivity contribution is 6.31. The van der Waals surface area contributed by atoms with Gasteiger partial charge in [0, 0.05) is 30.1 Å². The highest BCUT2D eigenvalue weighted by Gasteiger charge is 2.22. The van der Waals surface area contributed by atoms with Crippen molar-refractivity contribution < 1.29 is 23.0 Å². The molecule has 1 aromatic heterocycles. The van der Waals surface area contributed by atoms with Crippen molar-refractivity contribution in [3.63, 3.8) is 0 Å². The van der Waals surface area contributed by atoms with Gasteiger partial charge < -0.3 is 25.0 Å². The average Bonchev–Trinajstić information content (AvgIpc) is 3.33. The molecule has 11 heteroatoms. The third-order valence-corrected chi connectivity index (χ3v) is 5.49. The predicted octanol–water partition coefficient (Wildman–Crippen LogP) is 4.69. The van der Waals surface area contributed by atoms with E-state index in [0.29, 0.717) is 47.8 Å². The van der Waals surface area contributed by atoms with Gasteiger partial charge in [0.25, 0.3) is 5.91 Å². The van der Waals surface area contributed by atoms with Gasteiger partial charge in [-0.1, -0.05) is 11.6 Å². The van der Waals surface area contributed by atoms with Gasteiger partial charge in [-0.3, -0.25) is 4.79 Å². The van der Waals surface area contributed by atoms with E-state index in [9.17, 15) is 13.6 Å². The summed E-state index contributed by atoms with van der Waals surface area (Å²) in [5.41, 5.74) is 1.27. The highest BCUT2D eigenvalue weighted by atomic mass is 35.5. The van der Waals surface area contributed by atoms with E-state index in [1.807, 2.05) is 0 Å². The van der Waals surface area contributed by atoms with Gasteiger partial charge in [-0.2, -0.15) is 0 Å². The Kier molecular flexibility index (Phi) is 7.74. The lowest BCUT2D eigenvalue weighted by atomic mass is 10.1. The van der Waals surface area contributed by atoms with Crippen molar-refractivity contribution >= 4 is 45.6 Å². The van der Waals surface area contributed by atoms with E-state index in [1.54, 1.807) is 31.1 Å². The monoisotopic (exact) mass is 503 g/mol. The Labute approximate surface area is 205 Å². The number of carbonyl (C=O) groups excluding carboxylic acids is 1. The summed E-state index contributed by atoms with van der Waals surface area (Å²) in [5, 5.41) is 6.14. The minimum Gasteiger partial charge on any atom is -0.486 e. The van der Waals surface area contributed by atoms with Crippen molar-refractivity contribution in [2.75, 3.05) is 44.5 Å². The van der Waals surface area contributed by atoms with Crippen molar-refractivity contribution in [3.05, 3.63) is 59.4 Å². The van der Waals surface area contributed by atoms with E-state index in [0.717, 1.165) is 0 Å². The number of likely N-dealkylation sites (N-methyl/N-ethyl adjacent to an activating group) is 1. The number of nitrogens with one attached hydrogen (secondary N) is 2. The third kappa shape index (κ3) is 6.21. The molecule has 2 heterocycles. The SMILES string of the molecule is CN(C)CC=C(F)C(=O)Nc1cc2c(Nc3ccc(F)c(Cl)c3)ncnc2cc1OC1CCOC1. The van der Waals surface area contributed by atoms with Gasteiger partial charge in [-0.15, -0.1) is 0 Å². The maximum Gasteiger partial charge on any atom is 0.284 e. The maximum atomic E-state index is 14.4. The maximum absolute atomic E-state index is 14.4. The summed E-state index contributed by atoms with van der Waals surface area (Å²) in [6, 6.07) is 7.43. The molecule has 3 aromatic rings. The summed E-state index contributed by atoms with van der Waals surface area (Å²) >= 11 is 5.89. The number of halogens is 3. The molecular weight excluding hydrogens is 480 g/mol. The van der Waals surface area contributed by atoms with Crippen LogP contribution in [0.25, 0.3) is 10.9 Å². The highest BCUT2D eigenvalue weighted by Crippen LogP contribution is 2.35. The number of aromatic nitrogens is 2. The van der Waals surface area contributed by atoms with E-state index in [2.05, 4.69) is 20.6 Å². The van der Waals surface area contributed by atoms with Gasteiger partial charge in [0.1, 0.15) is 29.8 Å². The zero-order chi connectivity index (χ0) is 24.9. The van der Waals surface area contributed by atoms with Crippen LogP contribution in [0.15, 0.2) is 48.6 Å². The van der Waals surface area contributed by atoms with Gasteiger partial charge in [0.05, 0.1) is 29.4 Å². The molecule has 0 bridgehead atoms. The molecule has 1 aliphatic rings. The van der Waals surface area contributed by atoms with Crippen LogP contribution in [-0.2, 0) is 9.53 Å². The fourth-order valence-corrected chi connectivity index (χ4v) is 3.59. The van der Waals surface area contributed by atoms with E-state index < -0.39 is 17.6 Å². The molecule has 2 aromatic carbocycles. The Balaban J connectivity index is 1.70. The first-order valence-corrected chi connectivity index (χ1v) is 11.2. The summed E-state index contributed by atoms with van der Waals surface area (Å²) in [6.07, 6.45) is 3.03. The van der Waals surface area contributed by atoms with Gasteiger partial charge in [-0.05, 0) is 44.4 Å². The zero-order valence-corrected chi connectivity index (χ0v) is 19.9. The summed E-state index contributed by atoms with van der Waals surface area (Å²) in [6.45, 7) is 1.24. The topological polar surface area (TPSA) is 88.6 Å². The van der Waals surface area contributed by atoms with Crippen LogP contribution >= 0.6 is 11.6 Å². The van der Waals surface area contributed by atoms with Crippen LogP contribution < -0.4 is 15.4 Å². The van der Waals surface area contributed by atoms with Gasteiger partial charge in [-0.25, -0.2) is 18.7 Å². The molecule has 1 amide bonds. The molecule has 0 spiro atoms. The molecule has 0 radical (unpaired) electrons. The molecule has 1 aliphatic heterocycles. The normalized spacial score (nSPS) is 16.1. The van der Waals surface area contributed by atoms with Crippen LogP contribution in [0, 0.1) is 5.82 Å². The minimum absolute atomic E-state index is 0.0456. The molecule has 0 aliphatic carbocycles. The molecule has 35 heavy (non-hydrogen) atoms. The van der Waals surface area contributed by atoms with Crippen LogP contribution in [0.3, 0.4) is 0 Å².